The van der Waals surface area contributed by atoms with Crippen molar-refractivity contribution in [2.75, 3.05) is 0 Å². The molecule has 1 rings (SSSR count). The molecular formula is C10H18. The topological polar surface area (TPSA) is 0 Å². The van der Waals surface area contributed by atoms with Crippen molar-refractivity contribution >= 4 is 0 Å². The molecule has 0 nitrogen and oxygen atoms in total. The van der Waals surface area contributed by atoms with Crippen molar-refractivity contribution in [3.8, 4) is 0 Å². The number of hydrogen-bond donors (Lipinski definition) is 0. The average Bonchev–Trinajstić information content (AvgIpc) is 1.88. The molecule has 0 aliphatic heterocycles. The highest BCUT2D eigenvalue weighted by Crippen LogP contribution is 2.38. The summed E-state index contributed by atoms with van der Waals surface area (Å²) in [4.78, 5) is 0. The molecule has 0 aromatic carbocycles. The van der Waals surface area contributed by atoms with E-state index < -0.39 is 0 Å². The molecule has 0 saturated heterocycles. The Kier molecular flexibility index (Phi) is 2.38. The molecule has 0 aromatic rings. The van der Waals surface area contributed by atoms with E-state index in [-0.39, 0.29) is 0 Å². The van der Waals surface area contributed by atoms with E-state index in [4.69, 9.17) is 0 Å². The first-order chi connectivity index (χ1) is 4.61. The fraction of sp³-hybridized carbons (Fsp3) is 0.800. The molecule has 0 amide bonds. The van der Waals surface area contributed by atoms with Gasteiger partial charge in [-0.05, 0) is 43.4 Å². The lowest BCUT2D eigenvalue weighted by molar-refractivity contribution is 0.365. The van der Waals surface area contributed by atoms with Gasteiger partial charge in [-0.15, -0.1) is 0 Å². The maximum atomic E-state index is 2.41. The summed E-state index contributed by atoms with van der Waals surface area (Å²) in [6, 6.07) is 0. The van der Waals surface area contributed by atoms with E-state index in [0.29, 0.717) is 5.41 Å². The van der Waals surface area contributed by atoms with E-state index in [1.54, 1.807) is 5.92 Å². The molecule has 0 N–H and O–H groups in total. The molecular weight excluding hydrogens is 120 g/mol. The minimum atomic E-state index is 0.467. The van der Waals surface area contributed by atoms with Crippen LogP contribution in [0.1, 0.15) is 46.5 Å². The molecule has 10 heavy (non-hydrogen) atoms. The van der Waals surface area contributed by atoms with Gasteiger partial charge in [-0.25, -0.2) is 0 Å². The van der Waals surface area contributed by atoms with Gasteiger partial charge in [0, 0.05) is 0 Å². The second kappa shape index (κ2) is 2.94. The number of hydrogen-bond acceptors (Lipinski definition) is 0. The second-order valence-corrected chi connectivity index (χ2v) is 4.22. The lowest BCUT2D eigenvalue weighted by Gasteiger charge is -2.32. The summed E-state index contributed by atoms with van der Waals surface area (Å²) in [5.41, 5.74) is 0.467. The molecule has 1 aliphatic rings. The highest BCUT2D eigenvalue weighted by atomic mass is 14.3. The highest BCUT2D eigenvalue weighted by Gasteiger charge is 2.26. The highest BCUT2D eigenvalue weighted by molar-refractivity contribution is 5.04. The van der Waals surface area contributed by atoms with Crippen LogP contribution in [0.4, 0.5) is 0 Å². The van der Waals surface area contributed by atoms with Gasteiger partial charge in [-0.3, -0.25) is 0 Å². The van der Waals surface area contributed by atoms with Gasteiger partial charge < -0.3 is 0 Å². The third kappa shape index (κ3) is 2.00. The first kappa shape index (κ1) is 8.10. The van der Waals surface area contributed by atoms with Crippen LogP contribution in [-0.4, -0.2) is 0 Å². The maximum Gasteiger partial charge on any atom is -0.0187 e. The standard InChI is InChI=1S/C10H18/c1-10(2,3)9-7-5-4-6-8-9/h4H,5-8H2,1-3H3. The fourth-order valence-electron chi connectivity index (χ4n) is 1.57. The third-order valence-electron chi connectivity index (χ3n) is 2.36. The van der Waals surface area contributed by atoms with E-state index in [1.165, 1.54) is 25.7 Å². The normalized spacial score (nSPS) is 23.1. The molecule has 58 valence electrons. The Bertz CT molecular complexity index is 91.1. The second-order valence-electron chi connectivity index (χ2n) is 4.22. The summed E-state index contributed by atoms with van der Waals surface area (Å²) in [6.07, 6.45) is 7.71. The molecule has 0 unspecified atom stereocenters. The van der Waals surface area contributed by atoms with Gasteiger partial charge in [0.15, 0.2) is 0 Å². The Morgan fingerprint density at radius 3 is 1.90 bits per heavy atom. The van der Waals surface area contributed by atoms with Gasteiger partial charge in [0.2, 0.25) is 0 Å². The molecule has 0 bridgehead atoms. The van der Waals surface area contributed by atoms with Crippen molar-refractivity contribution in [1.29, 1.82) is 0 Å². The minimum Gasteiger partial charge on any atom is -0.0596 e. The summed E-state index contributed by atoms with van der Waals surface area (Å²) in [6.45, 7) is 6.98. The Morgan fingerprint density at radius 1 is 1.10 bits per heavy atom. The van der Waals surface area contributed by atoms with Crippen molar-refractivity contribution in [2.45, 2.75) is 46.5 Å². The van der Waals surface area contributed by atoms with Crippen molar-refractivity contribution in [3.05, 3.63) is 12.3 Å². The molecule has 0 aromatic heterocycles. The molecule has 0 heteroatoms. The fourth-order valence-corrected chi connectivity index (χ4v) is 1.57. The van der Waals surface area contributed by atoms with Crippen LogP contribution in [-0.2, 0) is 0 Å². The Morgan fingerprint density at radius 2 is 1.60 bits per heavy atom. The Labute approximate surface area is 65.0 Å². The smallest absolute Gasteiger partial charge is 0.0187 e. The van der Waals surface area contributed by atoms with Crippen molar-refractivity contribution < 1.29 is 0 Å². The van der Waals surface area contributed by atoms with Crippen LogP contribution < -0.4 is 0 Å². The van der Waals surface area contributed by atoms with E-state index >= 15 is 0 Å². The lowest BCUT2D eigenvalue weighted by atomic mass is 9.72. The van der Waals surface area contributed by atoms with Crippen molar-refractivity contribution in [2.24, 2.45) is 5.41 Å². The van der Waals surface area contributed by atoms with Crippen LogP contribution in [0.3, 0.4) is 0 Å². The van der Waals surface area contributed by atoms with Gasteiger partial charge >= 0.3 is 0 Å². The summed E-state index contributed by atoms with van der Waals surface area (Å²) in [5, 5.41) is 0. The van der Waals surface area contributed by atoms with Crippen LogP contribution in [0.5, 0.6) is 0 Å². The van der Waals surface area contributed by atoms with E-state index in [2.05, 4.69) is 27.2 Å². The first-order valence-electron chi connectivity index (χ1n) is 4.27. The predicted molar refractivity (Wildman–Crippen MR) is 45.5 cm³/mol. The third-order valence-corrected chi connectivity index (χ3v) is 2.36. The first-order valence-corrected chi connectivity index (χ1v) is 4.27. The summed E-state index contributed by atoms with van der Waals surface area (Å²) >= 11 is 0. The van der Waals surface area contributed by atoms with Crippen molar-refractivity contribution in [3.63, 3.8) is 0 Å². The van der Waals surface area contributed by atoms with Crippen LogP contribution in [0.15, 0.2) is 0 Å². The van der Waals surface area contributed by atoms with Crippen molar-refractivity contribution in [1.82, 2.24) is 0 Å². The number of rotatable bonds is 0. The predicted octanol–water partition coefficient (Wildman–Crippen LogP) is 3.39. The summed E-state index contributed by atoms with van der Waals surface area (Å²) in [5.74, 6) is 1.76. The summed E-state index contributed by atoms with van der Waals surface area (Å²) in [7, 11) is 0. The monoisotopic (exact) mass is 138 g/mol. The van der Waals surface area contributed by atoms with Crippen LogP contribution in [0.2, 0.25) is 0 Å². The molecule has 0 atom stereocenters. The summed E-state index contributed by atoms with van der Waals surface area (Å²) < 4.78 is 0. The van der Waals surface area contributed by atoms with Crippen LogP contribution in [0.25, 0.3) is 0 Å². The minimum absolute atomic E-state index is 0.467. The lowest BCUT2D eigenvalue weighted by Crippen LogP contribution is -2.20. The quantitative estimate of drug-likeness (QED) is 0.481. The molecule has 1 aliphatic carbocycles. The zero-order valence-electron chi connectivity index (χ0n) is 7.41. The van der Waals surface area contributed by atoms with E-state index in [0.717, 1.165) is 0 Å². The van der Waals surface area contributed by atoms with Gasteiger partial charge in [-0.2, -0.15) is 0 Å². The van der Waals surface area contributed by atoms with E-state index in [1.807, 2.05) is 0 Å². The van der Waals surface area contributed by atoms with Gasteiger partial charge in [0.25, 0.3) is 0 Å². The molecule has 1 fully saturated rings. The molecule has 1 saturated carbocycles. The molecule has 2 radical (unpaired) electrons. The molecule has 0 heterocycles. The van der Waals surface area contributed by atoms with Gasteiger partial charge in [0.1, 0.15) is 0 Å². The maximum absolute atomic E-state index is 2.41. The van der Waals surface area contributed by atoms with Crippen LogP contribution >= 0.6 is 0 Å². The average molecular weight is 138 g/mol. The Balaban J connectivity index is 2.39. The van der Waals surface area contributed by atoms with Gasteiger partial charge in [-0.1, -0.05) is 20.8 Å². The van der Waals surface area contributed by atoms with Crippen LogP contribution in [0, 0.1) is 17.8 Å². The Hall–Kier alpha value is 0. The molecule has 0 spiro atoms. The van der Waals surface area contributed by atoms with E-state index in [9.17, 15) is 0 Å². The largest absolute Gasteiger partial charge is 0.0596 e. The zero-order chi connectivity index (χ0) is 7.61. The SMILES string of the molecule is CC(C)(C)[C]1CC[CH]CC1. The van der Waals surface area contributed by atoms with Gasteiger partial charge in [0.05, 0.1) is 0 Å². The zero-order valence-corrected chi connectivity index (χ0v) is 7.41.